The van der Waals surface area contributed by atoms with Gasteiger partial charge in [-0.05, 0) is 12.8 Å². The molecule has 1 atom stereocenters. The van der Waals surface area contributed by atoms with E-state index in [4.69, 9.17) is 4.74 Å². The Bertz CT molecular complexity index is 288. The number of ether oxygens (including phenoxy) is 1. The number of hydrogen-bond acceptors (Lipinski definition) is 2. The van der Waals surface area contributed by atoms with Gasteiger partial charge in [-0.15, -0.1) is 0 Å². The zero-order valence-corrected chi connectivity index (χ0v) is 18.3. The number of rotatable bonds is 20. The van der Waals surface area contributed by atoms with Gasteiger partial charge in [0.05, 0.1) is 12.5 Å². The van der Waals surface area contributed by atoms with Crippen molar-refractivity contribution in [1.29, 1.82) is 0 Å². The summed E-state index contributed by atoms with van der Waals surface area (Å²) in [5.74, 6) is 0.0949. The van der Waals surface area contributed by atoms with E-state index in [-0.39, 0.29) is 11.9 Å². The molecule has 0 aliphatic heterocycles. The van der Waals surface area contributed by atoms with Crippen LogP contribution >= 0.6 is 0 Å². The Morgan fingerprint density at radius 3 is 1.46 bits per heavy atom. The molecular weight excluding hydrogens is 320 g/mol. The first-order valence-electron chi connectivity index (χ1n) is 11.9. The van der Waals surface area contributed by atoms with E-state index in [0.717, 1.165) is 19.3 Å². The standard InChI is InChI=1S/C24H48O2/c1-4-6-8-10-11-12-13-14-15-16-18-20-22-26-24(25)23(3)21-19-17-9-7-5-2/h23H,4-22H2,1-3H3. The highest BCUT2D eigenvalue weighted by Crippen LogP contribution is 2.14. The summed E-state index contributed by atoms with van der Waals surface area (Å²) in [5.41, 5.74) is 0. The van der Waals surface area contributed by atoms with Crippen molar-refractivity contribution in [3.05, 3.63) is 0 Å². The van der Waals surface area contributed by atoms with Gasteiger partial charge in [0.25, 0.3) is 0 Å². The molecular formula is C24H48O2. The topological polar surface area (TPSA) is 26.3 Å². The zero-order valence-electron chi connectivity index (χ0n) is 18.3. The lowest BCUT2D eigenvalue weighted by molar-refractivity contribution is -0.148. The van der Waals surface area contributed by atoms with E-state index < -0.39 is 0 Å². The van der Waals surface area contributed by atoms with E-state index >= 15 is 0 Å². The summed E-state index contributed by atoms with van der Waals surface area (Å²) >= 11 is 0. The van der Waals surface area contributed by atoms with E-state index in [1.165, 1.54) is 96.3 Å². The first-order valence-corrected chi connectivity index (χ1v) is 11.9. The van der Waals surface area contributed by atoms with Crippen LogP contribution in [0.3, 0.4) is 0 Å². The Balaban J connectivity index is 3.27. The van der Waals surface area contributed by atoms with Crippen LogP contribution in [-0.4, -0.2) is 12.6 Å². The van der Waals surface area contributed by atoms with E-state index in [9.17, 15) is 4.79 Å². The molecule has 0 fully saturated rings. The normalized spacial score (nSPS) is 12.3. The molecule has 0 aliphatic rings. The van der Waals surface area contributed by atoms with Crippen LogP contribution in [0.25, 0.3) is 0 Å². The van der Waals surface area contributed by atoms with Crippen molar-refractivity contribution in [1.82, 2.24) is 0 Å². The molecule has 0 amide bonds. The second-order valence-electron chi connectivity index (χ2n) is 8.16. The van der Waals surface area contributed by atoms with Crippen LogP contribution in [0.5, 0.6) is 0 Å². The van der Waals surface area contributed by atoms with Crippen molar-refractivity contribution in [2.45, 2.75) is 136 Å². The van der Waals surface area contributed by atoms with Crippen molar-refractivity contribution in [3.63, 3.8) is 0 Å². The van der Waals surface area contributed by atoms with Crippen molar-refractivity contribution < 1.29 is 9.53 Å². The smallest absolute Gasteiger partial charge is 0.308 e. The van der Waals surface area contributed by atoms with Crippen LogP contribution in [-0.2, 0) is 9.53 Å². The van der Waals surface area contributed by atoms with Gasteiger partial charge in [-0.25, -0.2) is 0 Å². The average Bonchev–Trinajstić information content (AvgIpc) is 2.65. The fourth-order valence-electron chi connectivity index (χ4n) is 3.43. The van der Waals surface area contributed by atoms with Gasteiger partial charge in [0, 0.05) is 0 Å². The molecule has 0 radical (unpaired) electrons. The lowest BCUT2D eigenvalue weighted by atomic mass is 10.0. The molecule has 0 aromatic carbocycles. The maximum Gasteiger partial charge on any atom is 0.308 e. The van der Waals surface area contributed by atoms with E-state index in [1.54, 1.807) is 0 Å². The Hall–Kier alpha value is -0.530. The van der Waals surface area contributed by atoms with E-state index in [2.05, 4.69) is 13.8 Å². The summed E-state index contributed by atoms with van der Waals surface area (Å²) in [7, 11) is 0. The van der Waals surface area contributed by atoms with Crippen molar-refractivity contribution in [2.24, 2.45) is 5.92 Å². The monoisotopic (exact) mass is 368 g/mol. The molecule has 0 heterocycles. The van der Waals surface area contributed by atoms with Crippen molar-refractivity contribution in [3.8, 4) is 0 Å². The highest BCUT2D eigenvalue weighted by Gasteiger charge is 2.13. The van der Waals surface area contributed by atoms with Crippen LogP contribution < -0.4 is 0 Å². The molecule has 0 N–H and O–H groups in total. The largest absolute Gasteiger partial charge is 0.465 e. The second-order valence-corrected chi connectivity index (χ2v) is 8.16. The molecule has 1 unspecified atom stereocenters. The molecule has 0 spiro atoms. The van der Waals surface area contributed by atoms with Gasteiger partial charge in [-0.1, -0.05) is 124 Å². The van der Waals surface area contributed by atoms with Gasteiger partial charge < -0.3 is 4.74 Å². The summed E-state index contributed by atoms with van der Waals surface area (Å²) in [5, 5.41) is 0. The minimum Gasteiger partial charge on any atom is -0.465 e. The second kappa shape index (κ2) is 20.8. The number of carbonyl (C=O) groups is 1. The molecule has 2 nitrogen and oxygen atoms in total. The lowest BCUT2D eigenvalue weighted by Crippen LogP contribution is -2.15. The van der Waals surface area contributed by atoms with Crippen LogP contribution in [0.15, 0.2) is 0 Å². The molecule has 0 rings (SSSR count). The molecule has 0 aliphatic carbocycles. The highest BCUT2D eigenvalue weighted by atomic mass is 16.5. The fourth-order valence-corrected chi connectivity index (χ4v) is 3.43. The minimum absolute atomic E-state index is 0.0172. The Morgan fingerprint density at radius 1 is 0.615 bits per heavy atom. The highest BCUT2D eigenvalue weighted by molar-refractivity contribution is 5.71. The van der Waals surface area contributed by atoms with Crippen LogP contribution in [0.2, 0.25) is 0 Å². The predicted octanol–water partition coefficient (Wildman–Crippen LogP) is 8.23. The van der Waals surface area contributed by atoms with Gasteiger partial charge in [-0.2, -0.15) is 0 Å². The number of unbranched alkanes of at least 4 members (excludes halogenated alkanes) is 15. The van der Waals surface area contributed by atoms with Gasteiger partial charge in [0.1, 0.15) is 0 Å². The zero-order chi connectivity index (χ0) is 19.3. The Kier molecular flexibility index (Phi) is 20.4. The molecule has 0 aromatic rings. The number of carbonyl (C=O) groups excluding carboxylic acids is 1. The summed E-state index contributed by atoms with van der Waals surface area (Å²) in [6.07, 6.45) is 23.4. The van der Waals surface area contributed by atoms with Gasteiger partial charge in [0.15, 0.2) is 0 Å². The molecule has 156 valence electrons. The van der Waals surface area contributed by atoms with Gasteiger partial charge in [-0.3, -0.25) is 4.79 Å². The first-order chi connectivity index (χ1) is 12.7. The molecule has 26 heavy (non-hydrogen) atoms. The Labute approximate surface area is 164 Å². The fraction of sp³-hybridized carbons (Fsp3) is 0.958. The summed E-state index contributed by atoms with van der Waals surface area (Å²) in [6.45, 7) is 7.15. The molecule has 0 aromatic heterocycles. The van der Waals surface area contributed by atoms with Crippen LogP contribution in [0.4, 0.5) is 0 Å². The van der Waals surface area contributed by atoms with Crippen molar-refractivity contribution in [2.75, 3.05) is 6.61 Å². The van der Waals surface area contributed by atoms with Crippen molar-refractivity contribution >= 4 is 5.97 Å². The van der Waals surface area contributed by atoms with Gasteiger partial charge >= 0.3 is 5.97 Å². The first kappa shape index (κ1) is 25.5. The Morgan fingerprint density at radius 2 is 1.00 bits per heavy atom. The maximum absolute atomic E-state index is 11.9. The predicted molar refractivity (Wildman–Crippen MR) is 115 cm³/mol. The van der Waals surface area contributed by atoms with E-state index in [1.807, 2.05) is 6.92 Å². The third-order valence-electron chi connectivity index (χ3n) is 5.39. The number of hydrogen-bond donors (Lipinski definition) is 0. The van der Waals surface area contributed by atoms with Crippen LogP contribution in [0, 0.1) is 5.92 Å². The summed E-state index contributed by atoms with van der Waals surface area (Å²) in [6, 6.07) is 0. The molecule has 0 saturated carbocycles. The molecule has 0 saturated heterocycles. The lowest BCUT2D eigenvalue weighted by Gasteiger charge is -2.11. The third kappa shape index (κ3) is 18.3. The van der Waals surface area contributed by atoms with Gasteiger partial charge in [0.2, 0.25) is 0 Å². The number of esters is 1. The van der Waals surface area contributed by atoms with Crippen LogP contribution in [0.1, 0.15) is 136 Å². The minimum atomic E-state index is 0.0172. The maximum atomic E-state index is 11.9. The molecule has 2 heteroatoms. The third-order valence-corrected chi connectivity index (χ3v) is 5.39. The molecule has 0 bridgehead atoms. The summed E-state index contributed by atoms with van der Waals surface area (Å²) < 4.78 is 5.43. The average molecular weight is 369 g/mol. The quantitative estimate of drug-likeness (QED) is 0.160. The van der Waals surface area contributed by atoms with E-state index in [0.29, 0.717) is 6.61 Å². The SMILES string of the molecule is CCCCCCCCCCCCCCOC(=O)C(C)CCCCCCC. The summed E-state index contributed by atoms with van der Waals surface area (Å²) in [4.78, 5) is 11.9.